The van der Waals surface area contributed by atoms with Crippen LogP contribution in [-0.4, -0.2) is 57.9 Å². The second-order valence-corrected chi connectivity index (χ2v) is 6.15. The molecule has 110 valence electrons. The first-order valence-electron chi connectivity index (χ1n) is 7.72. The van der Waals surface area contributed by atoms with E-state index in [0.717, 1.165) is 32.8 Å². The van der Waals surface area contributed by atoms with Gasteiger partial charge in [0.2, 0.25) is 0 Å². The molecular formula is C16H26N4. The van der Waals surface area contributed by atoms with Gasteiger partial charge in [0.05, 0.1) is 18.0 Å². The van der Waals surface area contributed by atoms with Gasteiger partial charge >= 0.3 is 0 Å². The molecule has 0 spiro atoms. The van der Waals surface area contributed by atoms with E-state index >= 15 is 0 Å². The number of benzene rings is 1. The summed E-state index contributed by atoms with van der Waals surface area (Å²) in [7, 11) is 4.29. The molecule has 20 heavy (non-hydrogen) atoms. The molecule has 0 aliphatic carbocycles. The van der Waals surface area contributed by atoms with E-state index in [-0.39, 0.29) is 0 Å². The lowest BCUT2D eigenvalue weighted by atomic mass is 10.0. The van der Waals surface area contributed by atoms with Crippen molar-refractivity contribution in [2.75, 3.05) is 56.7 Å². The number of piperidine rings is 1. The van der Waals surface area contributed by atoms with Gasteiger partial charge in [0.25, 0.3) is 0 Å². The quantitative estimate of drug-likeness (QED) is 0.900. The zero-order valence-electron chi connectivity index (χ0n) is 12.7. The standard InChI is InChI=1S/C16H26N4/c1-18(2)11-12-19-13-20(14-7-9-17-10-8-14)16-6-4-3-5-15(16)19/h3-6,14,17H,7-13H2,1-2H3. The van der Waals surface area contributed by atoms with Crippen LogP contribution < -0.4 is 15.1 Å². The van der Waals surface area contributed by atoms with Crippen molar-refractivity contribution in [2.45, 2.75) is 18.9 Å². The fourth-order valence-electron chi connectivity index (χ4n) is 3.25. The summed E-state index contributed by atoms with van der Waals surface area (Å²) in [6.45, 7) is 5.57. The molecular weight excluding hydrogens is 248 g/mol. The van der Waals surface area contributed by atoms with Gasteiger partial charge in [-0.3, -0.25) is 0 Å². The van der Waals surface area contributed by atoms with Crippen molar-refractivity contribution in [3.05, 3.63) is 24.3 Å². The van der Waals surface area contributed by atoms with Gasteiger partial charge in [-0.1, -0.05) is 12.1 Å². The van der Waals surface area contributed by atoms with Gasteiger partial charge in [-0.25, -0.2) is 0 Å². The molecule has 0 aromatic heterocycles. The monoisotopic (exact) mass is 274 g/mol. The Balaban J connectivity index is 1.76. The topological polar surface area (TPSA) is 21.8 Å². The van der Waals surface area contributed by atoms with Gasteiger partial charge in [-0.05, 0) is 52.2 Å². The molecule has 2 heterocycles. The highest BCUT2D eigenvalue weighted by atomic mass is 15.4. The van der Waals surface area contributed by atoms with Crippen molar-refractivity contribution in [3.8, 4) is 0 Å². The number of nitrogens with one attached hydrogen (secondary N) is 1. The van der Waals surface area contributed by atoms with Gasteiger partial charge < -0.3 is 20.0 Å². The Labute approximate surface area is 122 Å². The molecule has 0 radical (unpaired) electrons. The Bertz CT molecular complexity index is 440. The normalized spacial score (nSPS) is 19.8. The maximum atomic E-state index is 3.47. The summed E-state index contributed by atoms with van der Waals surface area (Å²) in [4.78, 5) is 7.40. The summed E-state index contributed by atoms with van der Waals surface area (Å²) in [6.07, 6.45) is 2.52. The lowest BCUT2D eigenvalue weighted by molar-refractivity contribution is 0.407. The zero-order chi connectivity index (χ0) is 13.9. The maximum absolute atomic E-state index is 3.47. The number of likely N-dealkylation sites (N-methyl/N-ethyl adjacent to an activating group) is 1. The second-order valence-electron chi connectivity index (χ2n) is 6.15. The first-order chi connectivity index (χ1) is 9.75. The third kappa shape index (κ3) is 2.76. The lowest BCUT2D eigenvalue weighted by Crippen LogP contribution is -2.45. The first-order valence-corrected chi connectivity index (χ1v) is 7.72. The number of hydrogen-bond acceptors (Lipinski definition) is 4. The van der Waals surface area contributed by atoms with E-state index in [1.165, 1.54) is 24.2 Å². The summed E-state index contributed by atoms with van der Waals surface area (Å²) in [5.74, 6) is 0. The van der Waals surface area contributed by atoms with Crippen LogP contribution in [0.5, 0.6) is 0 Å². The molecule has 0 atom stereocenters. The molecule has 2 aliphatic heterocycles. The Morgan fingerprint density at radius 1 is 1.15 bits per heavy atom. The second kappa shape index (κ2) is 6.02. The van der Waals surface area contributed by atoms with Crippen molar-refractivity contribution in [3.63, 3.8) is 0 Å². The molecule has 1 fully saturated rings. The fraction of sp³-hybridized carbons (Fsp3) is 0.625. The van der Waals surface area contributed by atoms with Crippen LogP contribution in [0.4, 0.5) is 11.4 Å². The number of hydrogen-bond donors (Lipinski definition) is 1. The van der Waals surface area contributed by atoms with Crippen LogP contribution in [0.15, 0.2) is 24.3 Å². The molecule has 1 saturated heterocycles. The van der Waals surface area contributed by atoms with Gasteiger partial charge in [-0.15, -0.1) is 0 Å². The summed E-state index contributed by atoms with van der Waals surface area (Å²) in [5, 5.41) is 3.47. The van der Waals surface area contributed by atoms with Gasteiger partial charge in [0.15, 0.2) is 0 Å². The van der Waals surface area contributed by atoms with Crippen molar-refractivity contribution >= 4 is 11.4 Å². The predicted octanol–water partition coefficient (Wildman–Crippen LogP) is 1.58. The van der Waals surface area contributed by atoms with Crippen molar-refractivity contribution < 1.29 is 0 Å². The number of rotatable bonds is 4. The van der Waals surface area contributed by atoms with Crippen molar-refractivity contribution in [1.82, 2.24) is 10.2 Å². The van der Waals surface area contributed by atoms with Gasteiger partial charge in [0.1, 0.15) is 0 Å². The maximum Gasteiger partial charge on any atom is 0.0907 e. The lowest BCUT2D eigenvalue weighted by Gasteiger charge is -2.33. The molecule has 3 rings (SSSR count). The smallest absolute Gasteiger partial charge is 0.0907 e. The molecule has 2 aliphatic rings. The molecule has 4 heteroatoms. The average Bonchev–Trinajstić information content (AvgIpc) is 2.85. The molecule has 0 bridgehead atoms. The van der Waals surface area contributed by atoms with E-state index in [9.17, 15) is 0 Å². The van der Waals surface area contributed by atoms with Crippen LogP contribution in [-0.2, 0) is 0 Å². The van der Waals surface area contributed by atoms with Crippen LogP contribution >= 0.6 is 0 Å². The molecule has 0 amide bonds. The number of anilines is 2. The number of nitrogens with zero attached hydrogens (tertiary/aromatic N) is 3. The van der Waals surface area contributed by atoms with E-state index < -0.39 is 0 Å². The number of para-hydroxylation sites is 2. The summed E-state index contributed by atoms with van der Waals surface area (Å²) >= 11 is 0. The van der Waals surface area contributed by atoms with E-state index in [0.29, 0.717) is 6.04 Å². The Morgan fingerprint density at radius 3 is 2.55 bits per heavy atom. The highest BCUT2D eigenvalue weighted by Gasteiger charge is 2.30. The Morgan fingerprint density at radius 2 is 1.85 bits per heavy atom. The first kappa shape index (κ1) is 13.7. The largest absolute Gasteiger partial charge is 0.351 e. The van der Waals surface area contributed by atoms with E-state index in [2.05, 4.69) is 58.4 Å². The highest BCUT2D eigenvalue weighted by Crippen LogP contribution is 2.37. The van der Waals surface area contributed by atoms with Crippen molar-refractivity contribution in [1.29, 1.82) is 0 Å². The molecule has 1 aromatic rings. The molecule has 1 aromatic carbocycles. The molecule has 0 unspecified atom stereocenters. The van der Waals surface area contributed by atoms with E-state index in [1.54, 1.807) is 0 Å². The zero-order valence-corrected chi connectivity index (χ0v) is 12.7. The number of fused-ring (bicyclic) bond motifs is 1. The average molecular weight is 274 g/mol. The minimum Gasteiger partial charge on any atom is -0.351 e. The van der Waals surface area contributed by atoms with E-state index in [4.69, 9.17) is 0 Å². The SMILES string of the molecule is CN(C)CCN1CN(C2CCNCC2)c2ccccc21. The van der Waals surface area contributed by atoms with Gasteiger partial charge in [-0.2, -0.15) is 0 Å². The van der Waals surface area contributed by atoms with Crippen LogP contribution in [0, 0.1) is 0 Å². The van der Waals surface area contributed by atoms with E-state index in [1.807, 2.05) is 0 Å². The Hall–Kier alpha value is -1.26. The van der Waals surface area contributed by atoms with Crippen LogP contribution in [0.25, 0.3) is 0 Å². The molecule has 1 N–H and O–H groups in total. The third-order valence-electron chi connectivity index (χ3n) is 4.42. The van der Waals surface area contributed by atoms with Crippen molar-refractivity contribution in [2.24, 2.45) is 0 Å². The minimum atomic E-state index is 0.696. The third-order valence-corrected chi connectivity index (χ3v) is 4.42. The highest BCUT2D eigenvalue weighted by molar-refractivity contribution is 5.76. The van der Waals surface area contributed by atoms with Crippen LogP contribution in [0.3, 0.4) is 0 Å². The fourth-order valence-corrected chi connectivity index (χ4v) is 3.25. The summed E-state index contributed by atoms with van der Waals surface area (Å²) in [5.41, 5.74) is 2.84. The predicted molar refractivity (Wildman–Crippen MR) is 85.6 cm³/mol. The summed E-state index contributed by atoms with van der Waals surface area (Å²) in [6, 6.07) is 9.58. The van der Waals surface area contributed by atoms with Crippen LogP contribution in [0.2, 0.25) is 0 Å². The Kier molecular flexibility index (Phi) is 4.13. The summed E-state index contributed by atoms with van der Waals surface area (Å²) < 4.78 is 0. The van der Waals surface area contributed by atoms with Gasteiger partial charge in [0, 0.05) is 19.1 Å². The minimum absolute atomic E-state index is 0.696. The molecule has 0 saturated carbocycles. The van der Waals surface area contributed by atoms with Crippen LogP contribution in [0.1, 0.15) is 12.8 Å². The molecule has 4 nitrogen and oxygen atoms in total.